The van der Waals surface area contributed by atoms with E-state index in [2.05, 4.69) is 5.32 Å². The molecule has 2 fully saturated rings. The zero-order valence-electron chi connectivity index (χ0n) is 15.1. The first kappa shape index (κ1) is 20.0. The lowest BCUT2D eigenvalue weighted by Crippen LogP contribution is -2.38. The van der Waals surface area contributed by atoms with E-state index >= 15 is 0 Å². The highest BCUT2D eigenvalue weighted by atomic mass is 32.2. The molecular formula is C17H22FN3O4S2. The number of carbonyl (C=O) groups excluding carboxylic acids is 1. The molecule has 2 heterocycles. The van der Waals surface area contributed by atoms with Gasteiger partial charge in [0.2, 0.25) is 10.0 Å². The number of likely N-dealkylation sites (N-methyl/N-ethyl adjacent to an activating group) is 1. The first-order chi connectivity index (χ1) is 12.7. The summed E-state index contributed by atoms with van der Waals surface area (Å²) in [6.07, 6.45) is -0.519. The van der Waals surface area contributed by atoms with E-state index in [4.69, 9.17) is 17.0 Å². The van der Waals surface area contributed by atoms with E-state index in [1.165, 1.54) is 22.3 Å². The predicted molar refractivity (Wildman–Crippen MR) is 104 cm³/mol. The summed E-state index contributed by atoms with van der Waals surface area (Å²) in [6, 6.07) is 4.60. The number of nitrogens with one attached hydrogen (secondary N) is 1. The highest BCUT2D eigenvalue weighted by Crippen LogP contribution is 2.32. The second-order valence-corrected chi connectivity index (χ2v) is 9.65. The van der Waals surface area contributed by atoms with Gasteiger partial charge in [0, 0.05) is 19.5 Å². The van der Waals surface area contributed by atoms with Crippen molar-refractivity contribution in [3.8, 4) is 0 Å². The summed E-state index contributed by atoms with van der Waals surface area (Å²) >= 11 is 4.94. The maximum atomic E-state index is 14.7. The molecule has 1 N–H and O–H groups in total. The Morgan fingerprint density at radius 1 is 1.41 bits per heavy atom. The first-order valence-electron chi connectivity index (χ1n) is 8.63. The molecule has 0 aliphatic carbocycles. The van der Waals surface area contributed by atoms with Crippen LogP contribution < -0.4 is 10.2 Å². The fourth-order valence-electron chi connectivity index (χ4n) is 3.33. The fourth-order valence-corrected chi connectivity index (χ4v) is 4.71. The van der Waals surface area contributed by atoms with E-state index in [-0.39, 0.29) is 24.3 Å². The van der Waals surface area contributed by atoms with Crippen molar-refractivity contribution in [1.29, 1.82) is 0 Å². The van der Waals surface area contributed by atoms with Crippen molar-refractivity contribution in [1.82, 2.24) is 9.62 Å². The third-order valence-electron chi connectivity index (χ3n) is 4.86. The van der Waals surface area contributed by atoms with E-state index < -0.39 is 21.9 Å². The fraction of sp³-hybridized carbons (Fsp3) is 0.529. The van der Waals surface area contributed by atoms with E-state index in [9.17, 15) is 17.6 Å². The van der Waals surface area contributed by atoms with Crippen LogP contribution in [0.15, 0.2) is 18.2 Å². The number of ether oxygens (including phenoxy) is 1. The van der Waals surface area contributed by atoms with Gasteiger partial charge in [0.1, 0.15) is 11.9 Å². The predicted octanol–water partition coefficient (Wildman–Crippen LogP) is 1.84. The molecule has 1 aromatic rings. The second-order valence-electron chi connectivity index (χ2n) is 6.84. The van der Waals surface area contributed by atoms with Crippen LogP contribution >= 0.6 is 12.2 Å². The number of anilines is 1. The number of amides is 1. The number of thiocarbonyl (C=S) groups is 1. The van der Waals surface area contributed by atoms with Gasteiger partial charge in [0.25, 0.3) is 0 Å². The molecule has 7 nitrogen and oxygen atoms in total. The van der Waals surface area contributed by atoms with Gasteiger partial charge >= 0.3 is 6.09 Å². The molecule has 2 atom stereocenters. The zero-order chi connectivity index (χ0) is 19.8. The summed E-state index contributed by atoms with van der Waals surface area (Å²) in [4.78, 5) is 14.1. The van der Waals surface area contributed by atoms with Crippen LogP contribution in [-0.4, -0.2) is 62.3 Å². The van der Waals surface area contributed by atoms with Crippen molar-refractivity contribution in [2.75, 3.05) is 37.3 Å². The minimum absolute atomic E-state index is 0.00177. The Hall–Kier alpha value is -1.78. The van der Waals surface area contributed by atoms with Crippen molar-refractivity contribution in [2.45, 2.75) is 25.4 Å². The van der Waals surface area contributed by atoms with Crippen molar-refractivity contribution >= 4 is 39.0 Å². The lowest BCUT2D eigenvalue weighted by Gasteiger charge is -2.30. The minimum atomic E-state index is -3.24. The number of hydrogen-bond acceptors (Lipinski definition) is 5. The lowest BCUT2D eigenvalue weighted by atomic mass is 9.95. The lowest BCUT2D eigenvalue weighted by molar-refractivity contribution is 0.143. The van der Waals surface area contributed by atoms with Crippen LogP contribution in [0.5, 0.6) is 0 Å². The van der Waals surface area contributed by atoms with Crippen LogP contribution in [0.25, 0.3) is 0 Å². The normalized spacial score (nSPS) is 25.3. The molecule has 0 aromatic heterocycles. The van der Waals surface area contributed by atoms with Gasteiger partial charge in [-0.15, -0.1) is 0 Å². The molecule has 27 heavy (non-hydrogen) atoms. The van der Waals surface area contributed by atoms with Crippen LogP contribution in [0, 0.1) is 5.82 Å². The van der Waals surface area contributed by atoms with Crippen LogP contribution in [0.3, 0.4) is 0 Å². The molecule has 10 heteroatoms. The van der Waals surface area contributed by atoms with E-state index in [0.717, 1.165) is 0 Å². The van der Waals surface area contributed by atoms with Gasteiger partial charge in [-0.1, -0.05) is 18.3 Å². The molecule has 148 valence electrons. The molecule has 2 aliphatic heterocycles. The van der Waals surface area contributed by atoms with Crippen LogP contribution in [0.4, 0.5) is 14.9 Å². The summed E-state index contributed by atoms with van der Waals surface area (Å²) in [6.45, 7) is 2.69. The van der Waals surface area contributed by atoms with Crippen molar-refractivity contribution in [3.05, 3.63) is 29.6 Å². The number of sulfonamides is 1. The zero-order valence-corrected chi connectivity index (χ0v) is 16.8. The van der Waals surface area contributed by atoms with Crippen LogP contribution in [0.1, 0.15) is 24.8 Å². The largest absolute Gasteiger partial charge is 0.442 e. The number of benzene rings is 1. The van der Waals surface area contributed by atoms with E-state index in [1.54, 1.807) is 19.1 Å². The van der Waals surface area contributed by atoms with Gasteiger partial charge < -0.3 is 10.1 Å². The second kappa shape index (κ2) is 7.69. The Labute approximate surface area is 163 Å². The Bertz CT molecular complexity index is 862. The number of cyclic esters (lactones) is 1. The summed E-state index contributed by atoms with van der Waals surface area (Å²) in [5.74, 6) is -0.656. The van der Waals surface area contributed by atoms with Crippen molar-refractivity contribution < 1.29 is 22.3 Å². The summed E-state index contributed by atoms with van der Waals surface area (Å²) < 4.78 is 44.8. The van der Waals surface area contributed by atoms with Gasteiger partial charge in [-0.3, -0.25) is 4.90 Å². The van der Waals surface area contributed by atoms with Gasteiger partial charge in [0.05, 0.1) is 29.5 Å². The van der Waals surface area contributed by atoms with Crippen LogP contribution in [-0.2, 0) is 14.8 Å². The first-order valence-corrected chi connectivity index (χ1v) is 10.6. The third kappa shape index (κ3) is 4.39. The van der Waals surface area contributed by atoms with Gasteiger partial charge in [0.15, 0.2) is 0 Å². The van der Waals surface area contributed by atoms with Gasteiger partial charge in [-0.2, -0.15) is 0 Å². The molecule has 2 saturated heterocycles. The Balaban J connectivity index is 1.72. The number of hydrogen-bond donors (Lipinski definition) is 1. The molecule has 2 aliphatic rings. The highest BCUT2D eigenvalue weighted by Gasteiger charge is 2.34. The Morgan fingerprint density at radius 3 is 2.78 bits per heavy atom. The molecular weight excluding hydrogens is 393 g/mol. The molecule has 1 aromatic carbocycles. The molecule has 0 spiro atoms. The summed E-state index contributed by atoms with van der Waals surface area (Å²) in [5, 5.41) is 2.95. The standard InChI is InChI=1S/C17H22FN3O4S2/c1-11(26)19-8-14-10-21(17(22)25-14)13-3-4-15(16(18)7-13)12-5-6-27(23,24)20(2)9-12/h3-4,7,12,14H,5-6,8-10H2,1-2H3,(H,19,26). The summed E-state index contributed by atoms with van der Waals surface area (Å²) in [7, 11) is -1.73. The smallest absolute Gasteiger partial charge is 0.414 e. The minimum Gasteiger partial charge on any atom is -0.442 e. The SMILES string of the molecule is CC(=S)NCC1CN(c2ccc(C3CCS(=O)(=O)N(C)C3)c(F)c2)C(=O)O1. The van der Waals surface area contributed by atoms with Crippen LogP contribution in [0.2, 0.25) is 0 Å². The molecule has 2 unspecified atom stereocenters. The molecule has 3 rings (SSSR count). The topological polar surface area (TPSA) is 79.0 Å². The molecule has 0 saturated carbocycles. The Kier molecular flexibility index (Phi) is 5.68. The third-order valence-corrected chi connectivity index (χ3v) is 6.86. The molecule has 0 bridgehead atoms. The van der Waals surface area contributed by atoms with E-state index in [1.807, 2.05) is 0 Å². The number of nitrogens with zero attached hydrogens (tertiary/aromatic N) is 2. The van der Waals surface area contributed by atoms with E-state index in [0.29, 0.717) is 35.7 Å². The number of carbonyl (C=O) groups is 1. The monoisotopic (exact) mass is 415 g/mol. The van der Waals surface area contributed by atoms with Crippen molar-refractivity contribution in [2.24, 2.45) is 0 Å². The number of halogens is 1. The summed E-state index contributed by atoms with van der Waals surface area (Å²) in [5.41, 5.74) is 0.877. The highest BCUT2D eigenvalue weighted by molar-refractivity contribution is 7.89. The quantitative estimate of drug-likeness (QED) is 0.756. The maximum Gasteiger partial charge on any atom is 0.414 e. The molecule has 1 amide bonds. The van der Waals surface area contributed by atoms with Crippen molar-refractivity contribution in [3.63, 3.8) is 0 Å². The van der Waals surface area contributed by atoms with Gasteiger partial charge in [-0.25, -0.2) is 21.9 Å². The van der Waals surface area contributed by atoms with Gasteiger partial charge in [-0.05, 0) is 31.0 Å². The maximum absolute atomic E-state index is 14.7. The Morgan fingerprint density at radius 2 is 2.15 bits per heavy atom. The average molecular weight is 416 g/mol. The average Bonchev–Trinajstić information content (AvgIpc) is 2.96. The number of rotatable bonds is 4. The molecule has 0 radical (unpaired) electrons.